The lowest BCUT2D eigenvalue weighted by Crippen LogP contribution is -2.36. The largest absolute Gasteiger partial charge is 0.387 e. The molecule has 1 aromatic rings. The third kappa shape index (κ3) is 4.17. The molecule has 0 aliphatic rings. The van der Waals surface area contributed by atoms with Gasteiger partial charge < -0.3 is 16.2 Å². The van der Waals surface area contributed by atoms with Crippen LogP contribution >= 0.6 is 0 Å². The van der Waals surface area contributed by atoms with E-state index in [0.29, 0.717) is 13.0 Å². The summed E-state index contributed by atoms with van der Waals surface area (Å²) in [7, 11) is 0. The summed E-state index contributed by atoms with van der Waals surface area (Å²) in [6.45, 7) is 2.48. The molecule has 0 bridgehead atoms. The Morgan fingerprint density at radius 1 is 1.41 bits per heavy atom. The minimum absolute atomic E-state index is 0.0926. The van der Waals surface area contributed by atoms with E-state index in [0.717, 1.165) is 5.56 Å². The predicted octanol–water partition coefficient (Wildman–Crippen LogP) is 0.821. The number of hydrogen-bond acceptors (Lipinski definition) is 3. The third-order valence-corrected chi connectivity index (χ3v) is 2.80. The molecule has 1 rings (SSSR count). The van der Waals surface area contributed by atoms with Gasteiger partial charge in [0.05, 0.1) is 6.10 Å². The molecule has 0 fully saturated rings. The molecule has 0 aliphatic carbocycles. The fourth-order valence-corrected chi connectivity index (χ4v) is 1.59. The number of amides is 1. The van der Waals surface area contributed by atoms with Crippen molar-refractivity contribution in [1.82, 2.24) is 5.32 Å². The second-order valence-electron chi connectivity index (χ2n) is 4.01. The first-order valence-corrected chi connectivity index (χ1v) is 5.89. The summed E-state index contributed by atoms with van der Waals surface area (Å²) in [4.78, 5) is 11.6. The van der Waals surface area contributed by atoms with Crippen molar-refractivity contribution in [2.75, 3.05) is 13.1 Å². The monoisotopic (exact) mass is 236 g/mol. The minimum atomic E-state index is -0.671. The molecular formula is C13H20N2O2. The number of hydrogen-bond donors (Lipinski definition) is 3. The molecule has 0 aliphatic heterocycles. The van der Waals surface area contributed by atoms with Gasteiger partial charge >= 0.3 is 0 Å². The Morgan fingerprint density at radius 3 is 2.59 bits per heavy atom. The topological polar surface area (TPSA) is 75.4 Å². The molecule has 4 nitrogen and oxygen atoms in total. The van der Waals surface area contributed by atoms with Crippen LogP contribution in [0.15, 0.2) is 30.3 Å². The Labute approximate surface area is 102 Å². The molecule has 0 saturated heterocycles. The van der Waals surface area contributed by atoms with Crippen LogP contribution in [-0.2, 0) is 4.79 Å². The fourth-order valence-electron chi connectivity index (χ4n) is 1.59. The zero-order valence-electron chi connectivity index (χ0n) is 10.1. The molecule has 0 radical (unpaired) electrons. The van der Waals surface area contributed by atoms with Gasteiger partial charge in [-0.2, -0.15) is 0 Å². The summed E-state index contributed by atoms with van der Waals surface area (Å²) in [5.41, 5.74) is 6.28. The first-order chi connectivity index (χ1) is 8.19. The van der Waals surface area contributed by atoms with Gasteiger partial charge in [-0.05, 0) is 12.0 Å². The molecule has 4 heteroatoms. The van der Waals surface area contributed by atoms with E-state index in [9.17, 15) is 9.90 Å². The zero-order valence-corrected chi connectivity index (χ0v) is 10.1. The van der Waals surface area contributed by atoms with Crippen LogP contribution in [0.2, 0.25) is 0 Å². The van der Waals surface area contributed by atoms with E-state index in [4.69, 9.17) is 5.73 Å². The molecule has 94 valence electrons. The van der Waals surface area contributed by atoms with Gasteiger partial charge in [0.2, 0.25) is 5.91 Å². The number of benzene rings is 1. The lowest BCUT2D eigenvalue weighted by Gasteiger charge is -2.15. The highest BCUT2D eigenvalue weighted by molar-refractivity contribution is 5.78. The highest BCUT2D eigenvalue weighted by atomic mass is 16.3. The van der Waals surface area contributed by atoms with Crippen molar-refractivity contribution in [3.8, 4) is 0 Å². The van der Waals surface area contributed by atoms with Gasteiger partial charge in [-0.1, -0.05) is 37.3 Å². The molecule has 1 amide bonds. The molecule has 0 heterocycles. The molecule has 0 spiro atoms. The van der Waals surface area contributed by atoms with E-state index >= 15 is 0 Å². The van der Waals surface area contributed by atoms with Crippen LogP contribution in [0.1, 0.15) is 25.0 Å². The Bertz CT molecular complexity index is 337. The lowest BCUT2D eigenvalue weighted by atomic mass is 10.1. The summed E-state index contributed by atoms with van der Waals surface area (Å²) in [6.07, 6.45) is 0.0412. The molecule has 4 N–H and O–H groups in total. The highest BCUT2D eigenvalue weighted by Crippen LogP contribution is 2.11. The Morgan fingerprint density at radius 2 is 2.06 bits per heavy atom. The summed E-state index contributed by atoms with van der Waals surface area (Å²) in [5.74, 6) is -0.261. The number of rotatable bonds is 6. The lowest BCUT2D eigenvalue weighted by molar-refractivity contribution is -0.125. The van der Waals surface area contributed by atoms with Gasteiger partial charge in [-0.15, -0.1) is 0 Å². The maximum atomic E-state index is 11.6. The normalized spacial score (nSPS) is 14.1. The van der Waals surface area contributed by atoms with Gasteiger partial charge in [0.25, 0.3) is 0 Å². The van der Waals surface area contributed by atoms with Crippen LogP contribution in [0.4, 0.5) is 0 Å². The van der Waals surface area contributed by atoms with E-state index in [2.05, 4.69) is 5.32 Å². The smallest absolute Gasteiger partial charge is 0.224 e. The molecule has 2 unspecified atom stereocenters. The predicted molar refractivity (Wildman–Crippen MR) is 67.2 cm³/mol. The maximum absolute atomic E-state index is 11.6. The van der Waals surface area contributed by atoms with E-state index in [-0.39, 0.29) is 18.4 Å². The van der Waals surface area contributed by atoms with Crippen molar-refractivity contribution in [3.63, 3.8) is 0 Å². The van der Waals surface area contributed by atoms with Crippen molar-refractivity contribution >= 4 is 5.91 Å². The maximum Gasteiger partial charge on any atom is 0.224 e. The Hall–Kier alpha value is -1.39. The van der Waals surface area contributed by atoms with Crippen molar-refractivity contribution in [2.24, 2.45) is 11.7 Å². The first kappa shape index (κ1) is 13.7. The number of aliphatic hydroxyl groups excluding tert-OH is 1. The summed E-state index contributed by atoms with van der Waals surface area (Å²) >= 11 is 0. The van der Waals surface area contributed by atoms with Gasteiger partial charge in [-0.25, -0.2) is 0 Å². The number of nitrogens with one attached hydrogen (secondary N) is 1. The third-order valence-electron chi connectivity index (χ3n) is 2.80. The Kier molecular flexibility index (Phi) is 5.66. The highest BCUT2D eigenvalue weighted by Gasteiger charge is 2.15. The van der Waals surface area contributed by atoms with Crippen molar-refractivity contribution in [2.45, 2.75) is 19.4 Å². The van der Waals surface area contributed by atoms with Crippen LogP contribution < -0.4 is 11.1 Å². The van der Waals surface area contributed by atoms with Gasteiger partial charge in [0.1, 0.15) is 0 Å². The van der Waals surface area contributed by atoms with Crippen LogP contribution in [0.25, 0.3) is 0 Å². The Balaban J connectivity index is 2.43. The summed E-state index contributed by atoms with van der Waals surface area (Å²) in [6, 6.07) is 9.26. The van der Waals surface area contributed by atoms with Gasteiger partial charge in [0.15, 0.2) is 0 Å². The van der Waals surface area contributed by atoms with Crippen molar-refractivity contribution in [1.29, 1.82) is 0 Å². The second-order valence-corrected chi connectivity index (χ2v) is 4.01. The SMILES string of the molecule is CCC(CN)C(=O)NCC(O)c1ccccc1. The van der Waals surface area contributed by atoms with E-state index in [1.165, 1.54) is 0 Å². The molecule has 2 atom stereocenters. The zero-order chi connectivity index (χ0) is 12.7. The number of aliphatic hydroxyl groups is 1. The minimum Gasteiger partial charge on any atom is -0.387 e. The number of carbonyl (C=O) groups is 1. The molecule has 17 heavy (non-hydrogen) atoms. The molecule has 1 aromatic carbocycles. The summed E-state index contributed by atoms with van der Waals surface area (Å²) < 4.78 is 0. The van der Waals surface area contributed by atoms with Crippen LogP contribution in [0, 0.1) is 5.92 Å². The first-order valence-electron chi connectivity index (χ1n) is 5.89. The van der Waals surface area contributed by atoms with Crippen LogP contribution in [0.5, 0.6) is 0 Å². The van der Waals surface area contributed by atoms with Crippen LogP contribution in [-0.4, -0.2) is 24.1 Å². The van der Waals surface area contributed by atoms with Gasteiger partial charge in [0, 0.05) is 19.0 Å². The molecule has 0 aromatic heterocycles. The van der Waals surface area contributed by atoms with Gasteiger partial charge in [-0.3, -0.25) is 4.79 Å². The van der Waals surface area contributed by atoms with E-state index in [1.54, 1.807) is 0 Å². The average Bonchev–Trinajstić information content (AvgIpc) is 2.38. The molecule has 0 saturated carbocycles. The fraction of sp³-hybridized carbons (Fsp3) is 0.462. The van der Waals surface area contributed by atoms with Crippen molar-refractivity contribution in [3.05, 3.63) is 35.9 Å². The van der Waals surface area contributed by atoms with E-state index < -0.39 is 6.10 Å². The standard InChI is InChI=1S/C13H20N2O2/c1-2-10(8-14)13(17)15-9-12(16)11-6-4-3-5-7-11/h3-7,10,12,16H,2,8-9,14H2,1H3,(H,15,17). The molecular weight excluding hydrogens is 216 g/mol. The van der Waals surface area contributed by atoms with Crippen molar-refractivity contribution < 1.29 is 9.90 Å². The summed E-state index contributed by atoms with van der Waals surface area (Å²) in [5, 5.41) is 12.6. The average molecular weight is 236 g/mol. The number of carbonyl (C=O) groups excluding carboxylic acids is 1. The quantitative estimate of drug-likeness (QED) is 0.684. The number of nitrogens with two attached hydrogens (primary N) is 1. The second kappa shape index (κ2) is 7.04. The van der Waals surface area contributed by atoms with Crippen LogP contribution in [0.3, 0.4) is 0 Å². The van der Waals surface area contributed by atoms with E-state index in [1.807, 2.05) is 37.3 Å².